The number of methoxy groups -OCH3 is 1. The lowest BCUT2D eigenvalue weighted by Crippen LogP contribution is -2.49. The summed E-state index contributed by atoms with van der Waals surface area (Å²) >= 11 is 2.07. The molecule has 2 aliphatic heterocycles. The first kappa shape index (κ1) is 14.6. The van der Waals surface area contributed by atoms with Crippen molar-refractivity contribution in [3.05, 3.63) is 0 Å². The molecule has 2 aliphatic rings. The Hall–Kier alpha value is 0.230. The predicted molar refractivity (Wildman–Crippen MR) is 77.3 cm³/mol. The molecule has 2 heterocycles. The summed E-state index contributed by atoms with van der Waals surface area (Å²) in [7, 11) is 1.80. The molecule has 1 spiro atoms. The molecule has 106 valence electrons. The monoisotopic (exact) mass is 273 g/mol. The van der Waals surface area contributed by atoms with Crippen LogP contribution in [0.3, 0.4) is 0 Å². The predicted octanol–water partition coefficient (Wildman–Crippen LogP) is 2.30. The van der Waals surface area contributed by atoms with Gasteiger partial charge in [-0.3, -0.25) is 0 Å². The minimum Gasteiger partial charge on any atom is -0.383 e. The quantitative estimate of drug-likeness (QED) is 0.832. The normalized spacial score (nSPS) is 29.3. The van der Waals surface area contributed by atoms with Gasteiger partial charge in [0, 0.05) is 19.8 Å². The number of thioether (sulfide) groups is 1. The SMILES string of the molecule is CCNC(COC)C1CCOC2(CCSCC2)C1. The smallest absolute Gasteiger partial charge is 0.0701 e. The molecule has 2 rings (SSSR count). The van der Waals surface area contributed by atoms with Crippen molar-refractivity contribution in [3.8, 4) is 0 Å². The topological polar surface area (TPSA) is 30.5 Å². The number of ether oxygens (including phenoxy) is 2. The molecule has 0 aromatic rings. The fourth-order valence-corrected chi connectivity index (χ4v) is 4.54. The Morgan fingerprint density at radius 2 is 2.22 bits per heavy atom. The van der Waals surface area contributed by atoms with Gasteiger partial charge in [0.15, 0.2) is 0 Å². The average Bonchev–Trinajstić information content (AvgIpc) is 2.39. The molecule has 4 heteroatoms. The van der Waals surface area contributed by atoms with Crippen LogP contribution in [0, 0.1) is 5.92 Å². The van der Waals surface area contributed by atoms with Crippen molar-refractivity contribution >= 4 is 11.8 Å². The number of hydrogen-bond acceptors (Lipinski definition) is 4. The van der Waals surface area contributed by atoms with Crippen LogP contribution in [-0.2, 0) is 9.47 Å². The lowest BCUT2D eigenvalue weighted by Gasteiger charge is -2.45. The molecule has 0 bridgehead atoms. The molecule has 0 aromatic carbocycles. The van der Waals surface area contributed by atoms with Crippen LogP contribution in [0.5, 0.6) is 0 Å². The maximum absolute atomic E-state index is 6.16. The van der Waals surface area contributed by atoms with Crippen LogP contribution in [0.15, 0.2) is 0 Å². The van der Waals surface area contributed by atoms with Crippen LogP contribution < -0.4 is 5.32 Å². The highest BCUT2D eigenvalue weighted by atomic mass is 32.2. The second-order valence-electron chi connectivity index (χ2n) is 5.52. The molecule has 2 unspecified atom stereocenters. The first-order valence-corrected chi connectivity index (χ1v) is 8.39. The van der Waals surface area contributed by atoms with Gasteiger partial charge < -0.3 is 14.8 Å². The van der Waals surface area contributed by atoms with Gasteiger partial charge in [0.25, 0.3) is 0 Å². The van der Waals surface area contributed by atoms with E-state index < -0.39 is 0 Å². The zero-order valence-electron chi connectivity index (χ0n) is 11.7. The number of nitrogens with one attached hydrogen (secondary N) is 1. The first-order chi connectivity index (χ1) is 8.79. The van der Waals surface area contributed by atoms with Crippen LogP contribution in [0.4, 0.5) is 0 Å². The lowest BCUT2D eigenvalue weighted by atomic mass is 9.78. The fourth-order valence-electron chi connectivity index (χ4n) is 3.30. The first-order valence-electron chi connectivity index (χ1n) is 7.24. The summed E-state index contributed by atoms with van der Waals surface area (Å²) in [5.41, 5.74) is 0.190. The Bertz CT molecular complexity index is 232. The molecule has 0 radical (unpaired) electrons. The molecule has 2 fully saturated rings. The van der Waals surface area contributed by atoms with Crippen molar-refractivity contribution in [1.82, 2.24) is 5.32 Å². The Morgan fingerprint density at radius 3 is 2.89 bits per heavy atom. The van der Waals surface area contributed by atoms with Crippen molar-refractivity contribution in [2.75, 3.05) is 38.4 Å². The standard InChI is InChI=1S/C14H27NO2S/c1-3-15-13(11-16-2)12-4-7-17-14(10-12)5-8-18-9-6-14/h12-13,15H,3-11H2,1-2H3. The summed E-state index contributed by atoms with van der Waals surface area (Å²) in [4.78, 5) is 0. The van der Waals surface area contributed by atoms with Crippen molar-refractivity contribution in [2.24, 2.45) is 5.92 Å². The van der Waals surface area contributed by atoms with E-state index in [1.807, 2.05) is 0 Å². The van der Waals surface area contributed by atoms with Crippen LogP contribution in [-0.4, -0.2) is 50.0 Å². The van der Waals surface area contributed by atoms with Gasteiger partial charge in [-0.1, -0.05) is 6.92 Å². The van der Waals surface area contributed by atoms with Crippen molar-refractivity contribution < 1.29 is 9.47 Å². The summed E-state index contributed by atoms with van der Waals surface area (Å²) in [5.74, 6) is 3.24. The van der Waals surface area contributed by atoms with E-state index in [1.165, 1.54) is 37.2 Å². The molecule has 2 saturated heterocycles. The summed E-state index contributed by atoms with van der Waals surface area (Å²) < 4.78 is 11.5. The molecule has 3 nitrogen and oxygen atoms in total. The molecule has 0 amide bonds. The lowest BCUT2D eigenvalue weighted by molar-refractivity contribution is -0.109. The van der Waals surface area contributed by atoms with Gasteiger partial charge in [0.1, 0.15) is 0 Å². The minimum atomic E-state index is 0.190. The van der Waals surface area contributed by atoms with Gasteiger partial charge in [-0.2, -0.15) is 11.8 Å². The van der Waals surface area contributed by atoms with Gasteiger partial charge in [0.2, 0.25) is 0 Å². The summed E-state index contributed by atoms with van der Waals surface area (Å²) in [5, 5.41) is 3.59. The van der Waals surface area contributed by atoms with Gasteiger partial charge in [-0.05, 0) is 49.7 Å². The largest absolute Gasteiger partial charge is 0.383 e. The Labute approximate surface area is 115 Å². The summed E-state index contributed by atoms with van der Waals surface area (Å²) in [6.45, 7) is 4.95. The van der Waals surface area contributed by atoms with Crippen LogP contribution >= 0.6 is 11.8 Å². The number of likely N-dealkylation sites (N-methyl/N-ethyl adjacent to an activating group) is 1. The van der Waals surface area contributed by atoms with Crippen molar-refractivity contribution in [2.45, 2.75) is 44.2 Å². The molecule has 1 N–H and O–H groups in total. The summed E-state index contributed by atoms with van der Waals surface area (Å²) in [6.07, 6.45) is 4.87. The zero-order valence-corrected chi connectivity index (χ0v) is 12.6. The van der Waals surface area contributed by atoms with Crippen LogP contribution in [0.1, 0.15) is 32.6 Å². The molecule has 2 atom stereocenters. The maximum Gasteiger partial charge on any atom is 0.0701 e. The molecule has 0 aromatic heterocycles. The Morgan fingerprint density at radius 1 is 1.44 bits per heavy atom. The van der Waals surface area contributed by atoms with Crippen molar-refractivity contribution in [3.63, 3.8) is 0 Å². The highest BCUT2D eigenvalue weighted by molar-refractivity contribution is 7.99. The van der Waals surface area contributed by atoms with E-state index in [4.69, 9.17) is 9.47 Å². The van der Waals surface area contributed by atoms with E-state index in [0.29, 0.717) is 12.0 Å². The third kappa shape index (κ3) is 3.62. The Balaban J connectivity index is 1.95. The van der Waals surface area contributed by atoms with Gasteiger partial charge >= 0.3 is 0 Å². The van der Waals surface area contributed by atoms with E-state index in [-0.39, 0.29) is 5.60 Å². The van der Waals surface area contributed by atoms with Crippen LogP contribution in [0.2, 0.25) is 0 Å². The van der Waals surface area contributed by atoms with Gasteiger partial charge in [-0.15, -0.1) is 0 Å². The fraction of sp³-hybridized carbons (Fsp3) is 1.00. The Kier molecular flexibility index (Phi) is 5.80. The molecular formula is C14H27NO2S. The number of rotatable bonds is 5. The van der Waals surface area contributed by atoms with Crippen LogP contribution in [0.25, 0.3) is 0 Å². The molecule has 0 saturated carbocycles. The third-order valence-corrected chi connectivity index (χ3v) is 5.30. The second kappa shape index (κ2) is 7.13. The van der Waals surface area contributed by atoms with Gasteiger partial charge in [-0.25, -0.2) is 0 Å². The summed E-state index contributed by atoms with van der Waals surface area (Å²) in [6, 6.07) is 0.496. The maximum atomic E-state index is 6.16. The molecular weight excluding hydrogens is 246 g/mol. The van der Waals surface area contributed by atoms with Crippen molar-refractivity contribution in [1.29, 1.82) is 0 Å². The average molecular weight is 273 g/mol. The van der Waals surface area contributed by atoms with Gasteiger partial charge in [0.05, 0.1) is 12.2 Å². The van der Waals surface area contributed by atoms with E-state index in [9.17, 15) is 0 Å². The second-order valence-corrected chi connectivity index (χ2v) is 6.74. The zero-order chi connectivity index (χ0) is 12.8. The van der Waals surface area contributed by atoms with E-state index in [2.05, 4.69) is 24.0 Å². The van der Waals surface area contributed by atoms with E-state index in [0.717, 1.165) is 19.8 Å². The molecule has 18 heavy (non-hydrogen) atoms. The molecule has 0 aliphatic carbocycles. The highest BCUT2D eigenvalue weighted by Crippen LogP contribution is 2.40. The number of hydrogen-bond donors (Lipinski definition) is 1. The van der Waals surface area contributed by atoms with E-state index in [1.54, 1.807) is 7.11 Å². The van der Waals surface area contributed by atoms with E-state index >= 15 is 0 Å². The highest BCUT2D eigenvalue weighted by Gasteiger charge is 2.40. The minimum absolute atomic E-state index is 0.190. The third-order valence-electron chi connectivity index (χ3n) is 4.32.